The molecular weight excluding hydrogens is 419 g/mol. The van der Waals surface area contributed by atoms with E-state index in [4.69, 9.17) is 23.2 Å². The smallest absolute Gasteiger partial charge is 0.244 e. The van der Waals surface area contributed by atoms with Gasteiger partial charge in [0.1, 0.15) is 6.04 Å². The molecule has 0 aliphatic heterocycles. The van der Waals surface area contributed by atoms with Crippen molar-refractivity contribution in [1.82, 2.24) is 5.32 Å². The highest BCUT2D eigenvalue weighted by molar-refractivity contribution is 7.92. The molecule has 0 aliphatic rings. The summed E-state index contributed by atoms with van der Waals surface area (Å²) in [5.74, 6) is -0.382. The Kier molecular flexibility index (Phi) is 7.37. The molecule has 0 heterocycles. The van der Waals surface area contributed by atoms with E-state index in [1.165, 1.54) is 18.2 Å². The van der Waals surface area contributed by atoms with Gasteiger partial charge in [-0.05, 0) is 44.0 Å². The van der Waals surface area contributed by atoms with Crippen LogP contribution in [-0.4, -0.2) is 26.6 Å². The summed E-state index contributed by atoms with van der Waals surface area (Å²) in [7, 11) is -3.74. The lowest BCUT2D eigenvalue weighted by atomic mass is 10.1. The summed E-state index contributed by atoms with van der Waals surface area (Å²) >= 11 is 12.0. The normalized spacial score (nSPS) is 13.6. The summed E-state index contributed by atoms with van der Waals surface area (Å²) in [5, 5.41) is 3.44. The van der Waals surface area contributed by atoms with Gasteiger partial charge in [0.05, 0.1) is 28.0 Å². The highest BCUT2D eigenvalue weighted by atomic mass is 35.5. The number of anilines is 1. The van der Waals surface area contributed by atoms with Gasteiger partial charge in [0.25, 0.3) is 0 Å². The molecule has 1 N–H and O–H groups in total. The molecule has 0 unspecified atom stereocenters. The van der Waals surface area contributed by atoms with Gasteiger partial charge in [0.15, 0.2) is 0 Å². The molecule has 8 heteroatoms. The molecule has 1 amide bonds. The van der Waals surface area contributed by atoms with E-state index in [0.29, 0.717) is 17.1 Å². The van der Waals surface area contributed by atoms with Crippen LogP contribution in [-0.2, 0) is 14.8 Å². The van der Waals surface area contributed by atoms with Crippen LogP contribution in [0.15, 0.2) is 42.5 Å². The van der Waals surface area contributed by atoms with Crippen LogP contribution < -0.4 is 9.62 Å². The molecule has 0 saturated heterocycles. The number of carbonyl (C=O) groups excluding carboxylic acids is 1. The number of benzene rings is 2. The molecule has 28 heavy (non-hydrogen) atoms. The molecule has 0 saturated carbocycles. The first-order valence-corrected chi connectivity index (χ1v) is 11.5. The third-order valence-electron chi connectivity index (χ3n) is 4.42. The minimum atomic E-state index is -3.74. The van der Waals surface area contributed by atoms with E-state index in [9.17, 15) is 13.2 Å². The first kappa shape index (κ1) is 22.5. The lowest BCUT2D eigenvalue weighted by Gasteiger charge is -2.31. The molecule has 0 bridgehead atoms. The van der Waals surface area contributed by atoms with Crippen molar-refractivity contribution in [3.8, 4) is 0 Å². The maximum atomic E-state index is 13.0. The summed E-state index contributed by atoms with van der Waals surface area (Å²) in [5.41, 5.74) is 2.35. The highest BCUT2D eigenvalue weighted by Crippen LogP contribution is 2.30. The lowest BCUT2D eigenvalue weighted by Crippen LogP contribution is -2.49. The number of halogens is 2. The van der Waals surface area contributed by atoms with Gasteiger partial charge in [0.2, 0.25) is 15.9 Å². The molecule has 0 radical (unpaired) electrons. The molecule has 2 aromatic carbocycles. The Hall–Kier alpha value is -1.76. The number of sulfonamides is 1. The monoisotopic (exact) mass is 442 g/mol. The van der Waals surface area contributed by atoms with Crippen LogP contribution in [0.1, 0.15) is 37.4 Å². The number of aryl methyl sites for hydroxylation is 1. The molecule has 0 aromatic heterocycles. The Labute approximate surface area is 176 Å². The minimum Gasteiger partial charge on any atom is -0.348 e. The Morgan fingerprint density at radius 2 is 1.71 bits per heavy atom. The standard InChI is InChI=1S/C20H24Cl2N2O3S/c1-5-19(20(25)23-14(3)15-8-6-13(2)7-9-15)24(28(4,26)27)16-10-11-17(21)18(22)12-16/h6-12,14,19H,5H2,1-4H3,(H,23,25)/t14-,19-/m1/s1. The van der Waals surface area contributed by atoms with Gasteiger partial charge in [-0.2, -0.15) is 0 Å². The van der Waals surface area contributed by atoms with Crippen LogP contribution in [0.4, 0.5) is 5.69 Å². The van der Waals surface area contributed by atoms with Gasteiger partial charge in [-0.25, -0.2) is 8.42 Å². The number of hydrogen-bond acceptors (Lipinski definition) is 3. The van der Waals surface area contributed by atoms with E-state index < -0.39 is 16.1 Å². The number of hydrogen-bond donors (Lipinski definition) is 1. The van der Waals surface area contributed by atoms with E-state index in [-0.39, 0.29) is 17.0 Å². The van der Waals surface area contributed by atoms with Crippen molar-refractivity contribution in [2.24, 2.45) is 0 Å². The van der Waals surface area contributed by atoms with Crippen LogP contribution in [0.2, 0.25) is 10.0 Å². The number of nitrogens with zero attached hydrogens (tertiary/aromatic N) is 1. The molecule has 0 spiro atoms. The SMILES string of the molecule is CC[C@H](C(=O)N[C@H](C)c1ccc(C)cc1)N(c1ccc(Cl)c(Cl)c1)S(C)(=O)=O. The van der Waals surface area contributed by atoms with Crippen LogP contribution >= 0.6 is 23.2 Å². The number of rotatable bonds is 7. The van der Waals surface area contributed by atoms with Gasteiger partial charge >= 0.3 is 0 Å². The van der Waals surface area contributed by atoms with Gasteiger partial charge in [0, 0.05) is 0 Å². The van der Waals surface area contributed by atoms with Gasteiger partial charge in [-0.1, -0.05) is 60.0 Å². The third-order valence-corrected chi connectivity index (χ3v) is 6.34. The zero-order chi connectivity index (χ0) is 21.1. The van der Waals surface area contributed by atoms with Crippen molar-refractivity contribution in [2.75, 3.05) is 10.6 Å². The highest BCUT2D eigenvalue weighted by Gasteiger charge is 2.32. The molecule has 2 rings (SSSR count). The second-order valence-electron chi connectivity index (χ2n) is 6.72. The van der Waals surface area contributed by atoms with Crippen LogP contribution in [0, 0.1) is 6.92 Å². The average molecular weight is 443 g/mol. The zero-order valence-corrected chi connectivity index (χ0v) is 18.6. The zero-order valence-electron chi connectivity index (χ0n) is 16.2. The Balaban J connectivity index is 2.33. The average Bonchev–Trinajstić information content (AvgIpc) is 2.61. The fourth-order valence-corrected chi connectivity index (χ4v) is 4.43. The summed E-state index contributed by atoms with van der Waals surface area (Å²) < 4.78 is 26.1. The number of amides is 1. The molecule has 152 valence electrons. The first-order chi connectivity index (χ1) is 13.0. The van der Waals surface area contributed by atoms with E-state index in [2.05, 4.69) is 5.32 Å². The van der Waals surface area contributed by atoms with Crippen molar-refractivity contribution in [1.29, 1.82) is 0 Å². The van der Waals surface area contributed by atoms with Crippen LogP contribution in [0.5, 0.6) is 0 Å². The van der Waals surface area contributed by atoms with Gasteiger partial charge in [-0.15, -0.1) is 0 Å². The minimum absolute atomic E-state index is 0.219. The second kappa shape index (κ2) is 9.16. The van der Waals surface area contributed by atoms with Crippen LogP contribution in [0.3, 0.4) is 0 Å². The van der Waals surface area contributed by atoms with Crippen molar-refractivity contribution in [3.05, 3.63) is 63.6 Å². The molecule has 0 fully saturated rings. The summed E-state index contributed by atoms with van der Waals surface area (Å²) in [6.45, 7) is 5.61. The van der Waals surface area contributed by atoms with Gasteiger partial charge < -0.3 is 5.32 Å². The molecule has 2 atom stereocenters. The third kappa shape index (κ3) is 5.40. The topological polar surface area (TPSA) is 66.5 Å². The van der Waals surface area contributed by atoms with E-state index >= 15 is 0 Å². The first-order valence-electron chi connectivity index (χ1n) is 8.86. The summed E-state index contributed by atoms with van der Waals surface area (Å²) in [6.07, 6.45) is 1.36. The van der Waals surface area contributed by atoms with E-state index in [1.807, 2.05) is 38.1 Å². The van der Waals surface area contributed by atoms with Crippen molar-refractivity contribution < 1.29 is 13.2 Å². The quantitative estimate of drug-likeness (QED) is 0.673. The predicted octanol–water partition coefficient (Wildman–Crippen LogP) is 4.72. The summed E-state index contributed by atoms with van der Waals surface area (Å²) in [6, 6.07) is 11.1. The molecule has 2 aromatic rings. The lowest BCUT2D eigenvalue weighted by molar-refractivity contribution is -0.122. The predicted molar refractivity (Wildman–Crippen MR) is 116 cm³/mol. The molecular formula is C20H24Cl2N2O3S. The Morgan fingerprint density at radius 1 is 1.11 bits per heavy atom. The maximum absolute atomic E-state index is 13.0. The largest absolute Gasteiger partial charge is 0.348 e. The van der Waals surface area contributed by atoms with Crippen molar-refractivity contribution in [3.63, 3.8) is 0 Å². The number of carbonyl (C=O) groups is 1. The fraction of sp³-hybridized carbons (Fsp3) is 0.350. The number of nitrogens with one attached hydrogen (secondary N) is 1. The maximum Gasteiger partial charge on any atom is 0.244 e. The van der Waals surface area contributed by atoms with E-state index in [0.717, 1.165) is 21.7 Å². The Morgan fingerprint density at radius 3 is 2.21 bits per heavy atom. The van der Waals surface area contributed by atoms with Gasteiger partial charge in [-0.3, -0.25) is 9.10 Å². The van der Waals surface area contributed by atoms with Crippen LogP contribution in [0.25, 0.3) is 0 Å². The molecule has 5 nitrogen and oxygen atoms in total. The molecule has 0 aliphatic carbocycles. The van der Waals surface area contributed by atoms with E-state index in [1.54, 1.807) is 6.92 Å². The van der Waals surface area contributed by atoms with Crippen molar-refractivity contribution in [2.45, 2.75) is 39.3 Å². The second-order valence-corrected chi connectivity index (χ2v) is 9.40. The fourth-order valence-electron chi connectivity index (χ4n) is 2.93. The van der Waals surface area contributed by atoms with Crippen molar-refractivity contribution >= 4 is 44.8 Å². The summed E-state index contributed by atoms with van der Waals surface area (Å²) in [4.78, 5) is 13.0. The Bertz CT molecular complexity index is 946.